The van der Waals surface area contributed by atoms with E-state index in [1.807, 2.05) is 11.8 Å². The Morgan fingerprint density at radius 2 is 2.31 bits per heavy atom. The van der Waals surface area contributed by atoms with E-state index in [9.17, 15) is 4.79 Å². The molecule has 0 spiro atoms. The van der Waals surface area contributed by atoms with Crippen LogP contribution >= 0.6 is 38.5 Å². The van der Waals surface area contributed by atoms with Crippen LogP contribution in [0.5, 0.6) is 0 Å². The van der Waals surface area contributed by atoms with Crippen LogP contribution < -0.4 is 0 Å². The zero-order chi connectivity index (χ0) is 12.3. The first-order valence-corrected chi connectivity index (χ1v) is 7.78. The van der Waals surface area contributed by atoms with Gasteiger partial charge in [-0.2, -0.15) is 0 Å². The second-order valence-corrected chi connectivity index (χ2v) is 8.80. The highest BCUT2D eigenvalue weighted by molar-refractivity contribution is 14.1. The largest absolute Gasteiger partial charge is 0.450 e. The summed E-state index contributed by atoms with van der Waals surface area (Å²) in [4.78, 5) is 13.8. The van der Waals surface area contributed by atoms with Gasteiger partial charge in [-0.25, -0.2) is 4.79 Å². The highest BCUT2D eigenvalue weighted by Crippen LogP contribution is 2.41. The number of ether oxygens (including phenoxy) is 1. The second-order valence-electron chi connectivity index (χ2n) is 4.76. The number of piperidine rings is 1. The maximum Gasteiger partial charge on any atom is 0.410 e. The van der Waals surface area contributed by atoms with Crippen molar-refractivity contribution in [3.63, 3.8) is 0 Å². The minimum atomic E-state index is -0.179. The van der Waals surface area contributed by atoms with Crippen LogP contribution in [0.4, 0.5) is 4.79 Å². The summed E-state index contributed by atoms with van der Waals surface area (Å²) in [7, 11) is 0. The van der Waals surface area contributed by atoms with Crippen molar-refractivity contribution in [2.75, 3.05) is 13.2 Å². The fourth-order valence-corrected chi connectivity index (χ4v) is 4.66. The van der Waals surface area contributed by atoms with E-state index in [1.165, 1.54) is 0 Å². The van der Waals surface area contributed by atoms with Gasteiger partial charge in [0, 0.05) is 6.54 Å². The van der Waals surface area contributed by atoms with Crippen molar-refractivity contribution in [2.24, 2.45) is 5.41 Å². The SMILES string of the molecule is CCOC(=O)N1CCCC(C)(C)C1C(Br)I. The molecule has 0 radical (unpaired) electrons. The van der Waals surface area contributed by atoms with Gasteiger partial charge in [-0.3, -0.25) is 0 Å². The zero-order valence-electron chi connectivity index (χ0n) is 10.0. The molecule has 0 N–H and O–H groups in total. The van der Waals surface area contributed by atoms with Gasteiger partial charge in [0.2, 0.25) is 0 Å². The number of halogens is 2. The normalized spacial score (nSPS) is 26.3. The lowest BCUT2D eigenvalue weighted by atomic mass is 9.77. The van der Waals surface area contributed by atoms with Gasteiger partial charge in [0.15, 0.2) is 0 Å². The molecule has 1 fully saturated rings. The molecule has 1 saturated heterocycles. The maximum atomic E-state index is 11.9. The Labute approximate surface area is 120 Å². The molecule has 1 amide bonds. The first-order valence-electron chi connectivity index (χ1n) is 5.61. The molecule has 94 valence electrons. The highest BCUT2D eigenvalue weighted by atomic mass is 127. The van der Waals surface area contributed by atoms with Gasteiger partial charge in [-0.05, 0) is 25.2 Å². The van der Waals surface area contributed by atoms with E-state index in [0.29, 0.717) is 6.61 Å². The molecule has 2 unspecified atom stereocenters. The molecule has 0 aromatic rings. The van der Waals surface area contributed by atoms with E-state index in [2.05, 4.69) is 52.4 Å². The number of nitrogens with zero attached hydrogens (tertiary/aromatic N) is 1. The molecule has 0 aliphatic carbocycles. The minimum absolute atomic E-state index is 0.139. The van der Waals surface area contributed by atoms with E-state index in [-0.39, 0.29) is 20.4 Å². The van der Waals surface area contributed by atoms with Gasteiger partial charge in [0.05, 0.1) is 15.5 Å². The highest BCUT2D eigenvalue weighted by Gasteiger charge is 2.43. The Hall–Kier alpha value is 0.480. The molecule has 0 aromatic carbocycles. The van der Waals surface area contributed by atoms with Crippen LogP contribution in [-0.4, -0.2) is 33.0 Å². The first kappa shape index (κ1) is 14.5. The second kappa shape index (κ2) is 5.89. The van der Waals surface area contributed by atoms with Crippen molar-refractivity contribution in [3.8, 4) is 0 Å². The number of rotatable bonds is 2. The molecule has 1 heterocycles. The third-order valence-corrected chi connectivity index (χ3v) is 4.28. The van der Waals surface area contributed by atoms with Gasteiger partial charge < -0.3 is 9.64 Å². The Kier molecular flexibility index (Phi) is 5.35. The van der Waals surface area contributed by atoms with Crippen LogP contribution in [0.3, 0.4) is 0 Å². The van der Waals surface area contributed by atoms with Crippen molar-refractivity contribution in [1.29, 1.82) is 0 Å². The summed E-state index contributed by atoms with van der Waals surface area (Å²) in [5.74, 6) is 0. The molecule has 1 aliphatic rings. The van der Waals surface area contributed by atoms with Gasteiger partial charge >= 0.3 is 6.09 Å². The monoisotopic (exact) mass is 403 g/mol. The number of hydrogen-bond donors (Lipinski definition) is 0. The molecule has 16 heavy (non-hydrogen) atoms. The molecular weight excluding hydrogens is 385 g/mol. The molecule has 3 nitrogen and oxygen atoms in total. The molecule has 5 heteroatoms. The summed E-state index contributed by atoms with van der Waals surface area (Å²) in [6, 6.07) is 0.195. The van der Waals surface area contributed by atoms with Crippen LogP contribution in [0.1, 0.15) is 33.6 Å². The Morgan fingerprint density at radius 1 is 1.69 bits per heavy atom. The van der Waals surface area contributed by atoms with Gasteiger partial charge in [0.1, 0.15) is 0 Å². The lowest BCUT2D eigenvalue weighted by Gasteiger charge is -2.46. The van der Waals surface area contributed by atoms with E-state index in [1.54, 1.807) is 0 Å². The van der Waals surface area contributed by atoms with Crippen molar-refractivity contribution in [3.05, 3.63) is 0 Å². The lowest BCUT2D eigenvalue weighted by Crippen LogP contribution is -2.55. The predicted molar refractivity (Wildman–Crippen MR) is 77.3 cm³/mol. The number of hydrogen-bond acceptors (Lipinski definition) is 2. The van der Waals surface area contributed by atoms with E-state index >= 15 is 0 Å². The van der Waals surface area contributed by atoms with Crippen molar-refractivity contribution in [2.45, 2.75) is 42.5 Å². The van der Waals surface area contributed by atoms with Crippen LogP contribution in [0.15, 0.2) is 0 Å². The minimum Gasteiger partial charge on any atom is -0.450 e. The molecule has 1 rings (SSSR count). The van der Waals surface area contributed by atoms with Gasteiger partial charge in [-0.1, -0.05) is 52.4 Å². The number of alkyl halides is 2. The van der Waals surface area contributed by atoms with E-state index < -0.39 is 0 Å². The topological polar surface area (TPSA) is 29.5 Å². The molecule has 0 aromatic heterocycles. The molecule has 1 aliphatic heterocycles. The fraction of sp³-hybridized carbons (Fsp3) is 0.909. The summed E-state index contributed by atoms with van der Waals surface area (Å²) in [6.07, 6.45) is 2.03. The number of amides is 1. The third kappa shape index (κ3) is 3.24. The van der Waals surface area contributed by atoms with Crippen molar-refractivity contribution < 1.29 is 9.53 Å². The average Bonchev–Trinajstić information content (AvgIpc) is 2.15. The molecule has 0 bridgehead atoms. The van der Waals surface area contributed by atoms with Crippen molar-refractivity contribution in [1.82, 2.24) is 4.90 Å². The number of likely N-dealkylation sites (tertiary alicyclic amines) is 1. The summed E-state index contributed by atoms with van der Waals surface area (Å²) in [5.41, 5.74) is 0.139. The van der Waals surface area contributed by atoms with Crippen LogP contribution in [0.2, 0.25) is 0 Å². The van der Waals surface area contributed by atoms with Crippen molar-refractivity contribution >= 4 is 44.6 Å². The van der Waals surface area contributed by atoms with Gasteiger partial charge in [0.25, 0.3) is 0 Å². The fourth-order valence-electron chi connectivity index (χ4n) is 2.30. The van der Waals surface area contributed by atoms with E-state index in [0.717, 1.165) is 19.4 Å². The number of carbonyl (C=O) groups is 1. The summed E-state index contributed by atoms with van der Waals surface area (Å²) in [5, 5.41) is 0. The standard InChI is InChI=1S/C11H19BrINO2/c1-4-16-10(15)14-7-5-6-11(2,3)8(14)9(12)13/h8-9H,4-7H2,1-3H3. The molecular formula is C11H19BrINO2. The zero-order valence-corrected chi connectivity index (χ0v) is 13.7. The number of carbonyl (C=O) groups excluding carboxylic acids is 1. The Bertz CT molecular complexity index is 258. The summed E-state index contributed by atoms with van der Waals surface area (Å²) in [6.45, 7) is 7.53. The lowest BCUT2D eigenvalue weighted by molar-refractivity contribution is 0.0334. The maximum absolute atomic E-state index is 11.9. The Morgan fingerprint density at radius 3 is 2.81 bits per heavy atom. The molecule has 0 saturated carbocycles. The Balaban J connectivity index is 2.84. The summed E-state index contributed by atoms with van der Waals surface area (Å²) >= 11 is 5.94. The van der Waals surface area contributed by atoms with E-state index in [4.69, 9.17) is 4.74 Å². The van der Waals surface area contributed by atoms with Gasteiger partial charge in [-0.15, -0.1) is 0 Å². The quantitative estimate of drug-likeness (QED) is 0.518. The predicted octanol–water partition coefficient (Wildman–Crippen LogP) is 3.79. The van der Waals surface area contributed by atoms with Crippen LogP contribution in [0, 0.1) is 5.41 Å². The first-order chi connectivity index (χ1) is 7.40. The molecule has 2 atom stereocenters. The summed E-state index contributed by atoms with van der Waals surface area (Å²) < 4.78 is 5.37. The third-order valence-electron chi connectivity index (χ3n) is 3.10. The van der Waals surface area contributed by atoms with Crippen LogP contribution in [-0.2, 0) is 4.74 Å². The smallest absolute Gasteiger partial charge is 0.410 e. The average molecular weight is 404 g/mol. The van der Waals surface area contributed by atoms with Crippen LogP contribution in [0.25, 0.3) is 0 Å².